The Hall–Kier alpha value is -1.20. The molecule has 2 heterocycles. The number of anilines is 1. The number of aliphatic carboxylic acids is 1. The van der Waals surface area contributed by atoms with Gasteiger partial charge < -0.3 is 0 Å². The van der Waals surface area contributed by atoms with E-state index < -0.39 is 37.5 Å². The van der Waals surface area contributed by atoms with Crippen molar-refractivity contribution in [3.63, 3.8) is 0 Å². The van der Waals surface area contributed by atoms with Crippen molar-refractivity contribution < 1.29 is 23.1 Å². The van der Waals surface area contributed by atoms with Gasteiger partial charge in [0, 0.05) is 0 Å². The van der Waals surface area contributed by atoms with Gasteiger partial charge in [0.15, 0.2) is 0 Å². The van der Waals surface area contributed by atoms with Crippen molar-refractivity contribution in [3.05, 3.63) is 46.5 Å². The van der Waals surface area contributed by atoms with Crippen molar-refractivity contribution in [1.82, 2.24) is 4.90 Å². The van der Waals surface area contributed by atoms with Crippen LogP contribution in [-0.4, -0.2) is 55.4 Å². The summed E-state index contributed by atoms with van der Waals surface area (Å²) in [6, 6.07) is 4.09. The Morgan fingerprint density at radius 2 is 1.88 bits per heavy atom. The molecular weight excluding hydrogens is 552 g/mol. The van der Waals surface area contributed by atoms with Gasteiger partial charge in [-0.2, -0.15) is 0 Å². The van der Waals surface area contributed by atoms with Gasteiger partial charge in [-0.1, -0.05) is 0 Å². The van der Waals surface area contributed by atoms with Crippen LogP contribution in [0.3, 0.4) is 0 Å². The molecule has 1 N–H and O–H groups in total. The van der Waals surface area contributed by atoms with Gasteiger partial charge in [-0.05, 0) is 0 Å². The van der Waals surface area contributed by atoms with E-state index in [2.05, 4.69) is 22.0 Å². The number of carboxylic acids is 1. The summed E-state index contributed by atoms with van der Waals surface area (Å²) in [6.45, 7) is 3.68. The fourth-order valence-corrected chi connectivity index (χ4v) is 10.9. The molecule has 1 saturated heterocycles. The van der Waals surface area contributed by atoms with Crippen LogP contribution < -0.4 is 4.90 Å². The molecule has 1 aliphatic carbocycles. The Bertz CT molecular complexity index is 911. The van der Waals surface area contributed by atoms with Crippen molar-refractivity contribution in [1.29, 1.82) is 0 Å². The predicted octanol–water partition coefficient (Wildman–Crippen LogP) is 5.87. The van der Waals surface area contributed by atoms with Crippen molar-refractivity contribution in [2.45, 2.75) is 36.8 Å². The number of carboxylic acid groups (broad SMARTS) is 1. The van der Waals surface area contributed by atoms with Crippen LogP contribution in [0.1, 0.15) is 31.2 Å². The molecule has 0 radical (unpaired) electrons. The van der Waals surface area contributed by atoms with Gasteiger partial charge in [-0.25, -0.2) is 0 Å². The summed E-state index contributed by atoms with van der Waals surface area (Å²) in [5.74, 6) is -0.691. The Labute approximate surface area is 198 Å². The molecule has 4 rings (SSSR count). The average Bonchev–Trinajstić information content (AvgIpc) is 2.77. The van der Waals surface area contributed by atoms with E-state index in [1.165, 1.54) is 21.0 Å². The van der Waals surface area contributed by atoms with Gasteiger partial charge in [-0.3, -0.25) is 0 Å². The van der Waals surface area contributed by atoms with Crippen LogP contribution in [0.4, 0.5) is 18.9 Å². The summed E-state index contributed by atoms with van der Waals surface area (Å²) in [7, 11) is 0. The van der Waals surface area contributed by atoms with Crippen LogP contribution in [-0.2, 0) is 11.0 Å². The zero-order valence-corrected chi connectivity index (χ0v) is 20.8. The molecule has 1 aromatic rings. The van der Waals surface area contributed by atoms with Crippen molar-refractivity contribution in [2.75, 3.05) is 44.4 Å². The molecule has 176 valence electrons. The molecule has 3 aliphatic rings. The van der Waals surface area contributed by atoms with E-state index in [1.54, 1.807) is 17.8 Å². The second-order valence-corrected chi connectivity index (χ2v) is 15.7. The van der Waals surface area contributed by atoms with Crippen molar-refractivity contribution in [2.24, 2.45) is 0 Å². The molecule has 1 aromatic carbocycles. The van der Waals surface area contributed by atoms with Crippen LogP contribution in [0, 0.1) is 0 Å². The molecule has 0 atom stereocenters. The molecule has 32 heavy (non-hydrogen) atoms. The molecule has 2 aliphatic heterocycles. The maximum absolute atomic E-state index is 13.4. The van der Waals surface area contributed by atoms with E-state index >= 15 is 0 Å². The number of benzene rings is 1. The average molecular weight is 580 g/mol. The van der Waals surface area contributed by atoms with E-state index in [0.29, 0.717) is 18.7 Å². The molecule has 0 aromatic heterocycles. The third-order valence-corrected chi connectivity index (χ3v) is 13.2. The van der Waals surface area contributed by atoms with Gasteiger partial charge in [0.1, 0.15) is 0 Å². The first kappa shape index (κ1) is 23.9. The van der Waals surface area contributed by atoms with E-state index in [9.17, 15) is 18.0 Å². The SMILES string of the molecule is O=C(O)CCI1CCN(CCCN2C3=CCCC=C3Sc3ccc(C(F)(F)F)cc32)CC1. The van der Waals surface area contributed by atoms with E-state index in [1.807, 2.05) is 0 Å². The first-order chi connectivity index (χ1) is 15.3. The normalized spacial score (nSPS) is 20.3. The zero-order chi connectivity index (χ0) is 22.7. The molecule has 4 nitrogen and oxygen atoms in total. The fourth-order valence-electron chi connectivity index (χ4n) is 4.22. The van der Waals surface area contributed by atoms with Crippen LogP contribution in [0.15, 0.2) is 45.8 Å². The molecule has 0 unspecified atom stereocenters. The van der Waals surface area contributed by atoms with Gasteiger partial charge >= 0.3 is 199 Å². The first-order valence-electron chi connectivity index (χ1n) is 10.9. The molecule has 9 heteroatoms. The Morgan fingerprint density at radius 3 is 2.59 bits per heavy atom. The van der Waals surface area contributed by atoms with Crippen LogP contribution >= 0.6 is 31.6 Å². The number of alkyl halides is 6. The van der Waals surface area contributed by atoms with Gasteiger partial charge in [0.2, 0.25) is 0 Å². The van der Waals surface area contributed by atoms with Crippen molar-refractivity contribution >= 4 is 43.2 Å². The minimum absolute atomic E-state index is 0.308. The summed E-state index contributed by atoms with van der Waals surface area (Å²) in [5.41, 5.74) is 1.12. The summed E-state index contributed by atoms with van der Waals surface area (Å²) >= 11 is 0.460. The first-order valence-corrected chi connectivity index (χ1v) is 16.3. The van der Waals surface area contributed by atoms with Crippen LogP contribution in [0.2, 0.25) is 0 Å². The van der Waals surface area contributed by atoms with E-state index in [0.717, 1.165) is 58.8 Å². The number of allylic oxidation sites excluding steroid dienone is 2. The summed E-state index contributed by atoms with van der Waals surface area (Å²) in [4.78, 5) is 17.4. The molecule has 1 fully saturated rings. The number of nitrogens with zero attached hydrogens (tertiary/aromatic N) is 2. The third-order valence-electron chi connectivity index (χ3n) is 5.94. The Kier molecular flexibility index (Phi) is 7.77. The van der Waals surface area contributed by atoms with Gasteiger partial charge in [0.25, 0.3) is 0 Å². The number of hydrogen-bond donors (Lipinski definition) is 1. The van der Waals surface area contributed by atoms with Crippen LogP contribution in [0.5, 0.6) is 0 Å². The second-order valence-electron chi connectivity index (χ2n) is 8.14. The number of hydrogen-bond acceptors (Lipinski definition) is 4. The standard InChI is InChI=1S/C23H28F3IN2O2S/c24-23(25,26)17-6-7-21-19(16-17)29(18-4-1-2-5-20(18)32-21)13-3-12-28-14-10-27(11-15-28)9-8-22(30)31/h4-7,16H,1-3,8-15H2,(H,30,31). The summed E-state index contributed by atoms with van der Waals surface area (Å²) in [6.07, 6.45) is 3.08. The van der Waals surface area contributed by atoms with E-state index in [4.69, 9.17) is 5.11 Å². The number of rotatable bonds is 7. The molecule has 0 amide bonds. The molecular formula is C23H28F3IN2O2S. The topological polar surface area (TPSA) is 43.8 Å². The van der Waals surface area contributed by atoms with E-state index in [-0.39, 0.29) is 0 Å². The third kappa shape index (κ3) is 5.83. The molecule has 0 bridgehead atoms. The predicted molar refractivity (Wildman–Crippen MR) is 132 cm³/mol. The molecule has 0 saturated carbocycles. The quantitative estimate of drug-likeness (QED) is 0.323. The van der Waals surface area contributed by atoms with Crippen molar-refractivity contribution in [3.8, 4) is 0 Å². The second kappa shape index (κ2) is 10.4. The number of fused-ring (bicyclic) bond motifs is 2. The fraction of sp³-hybridized carbons (Fsp3) is 0.522. The van der Waals surface area contributed by atoms with Crippen LogP contribution in [0.25, 0.3) is 0 Å². The van der Waals surface area contributed by atoms with Gasteiger partial charge in [0.05, 0.1) is 0 Å². The summed E-state index contributed by atoms with van der Waals surface area (Å²) < 4.78 is 43.3. The number of thioether (sulfide) groups is 1. The Morgan fingerprint density at radius 1 is 1.12 bits per heavy atom. The molecule has 0 spiro atoms. The number of halogens is 4. The number of carbonyl (C=O) groups is 1. The monoisotopic (exact) mass is 580 g/mol. The maximum atomic E-state index is 13.4. The summed E-state index contributed by atoms with van der Waals surface area (Å²) in [5, 5.41) is 8.89. The van der Waals surface area contributed by atoms with Gasteiger partial charge in [-0.15, -0.1) is 0 Å². The Balaban J connectivity index is 1.40. The zero-order valence-electron chi connectivity index (χ0n) is 17.8. The minimum atomic E-state index is -4.35.